The maximum atomic E-state index is 12.4. The van der Waals surface area contributed by atoms with Crippen LogP contribution in [0.1, 0.15) is 82.7 Å². The molecular weight excluding hydrogens is 964 g/mol. The largest absolute Gasteiger partial charge is 0.470 e. The van der Waals surface area contributed by atoms with Gasteiger partial charge in [0.1, 0.15) is 16.6 Å². The molecule has 0 saturated carbocycles. The molecule has 324 valence electrons. The number of thiophene rings is 3. The molecular formula is C34H46F6IN3O9S4. The quantitative estimate of drug-likeness (QED) is 0.0949. The second-order valence-corrected chi connectivity index (χ2v) is 19.4. The Morgan fingerprint density at radius 1 is 0.877 bits per heavy atom. The van der Waals surface area contributed by atoms with Gasteiger partial charge in [0.05, 0.1) is 48.6 Å². The molecule has 0 spiro atoms. The molecule has 3 aromatic heterocycles. The molecule has 5 N–H and O–H groups in total. The Balaban J connectivity index is 0.000000268. The number of ether oxygens (including phenoxy) is 5. The Kier molecular flexibility index (Phi) is 19.7. The van der Waals surface area contributed by atoms with Crippen molar-refractivity contribution in [1.29, 1.82) is 0 Å². The van der Waals surface area contributed by atoms with Gasteiger partial charge in [0.2, 0.25) is 0 Å². The van der Waals surface area contributed by atoms with Gasteiger partial charge in [0.15, 0.2) is 0 Å². The molecule has 3 unspecified atom stereocenters. The fourth-order valence-corrected chi connectivity index (χ4v) is 9.49. The summed E-state index contributed by atoms with van der Waals surface area (Å²) in [7, 11) is -5.71. The second-order valence-electron chi connectivity index (χ2n) is 12.8. The summed E-state index contributed by atoms with van der Waals surface area (Å²) in [6.07, 6.45) is -2.36. The van der Waals surface area contributed by atoms with Gasteiger partial charge in [-0.05, 0) is 83.6 Å². The van der Waals surface area contributed by atoms with Gasteiger partial charge in [-0.25, -0.2) is 9.59 Å². The van der Waals surface area contributed by atoms with Crippen LogP contribution in [0.25, 0.3) is 0 Å². The first kappa shape index (κ1) is 51.0. The Bertz CT molecular complexity index is 1870. The summed E-state index contributed by atoms with van der Waals surface area (Å²) >= 11 is 6.73. The van der Waals surface area contributed by atoms with E-state index in [-0.39, 0.29) is 32.3 Å². The summed E-state index contributed by atoms with van der Waals surface area (Å²) in [6, 6.07) is 5.43. The Labute approximate surface area is 353 Å². The number of nitrogens with two attached hydrogens (primary N) is 2. The maximum Gasteiger partial charge on any atom is 0.470 e. The Hall–Kier alpha value is -2.10. The van der Waals surface area contributed by atoms with E-state index in [9.17, 15) is 43.8 Å². The van der Waals surface area contributed by atoms with Crippen LogP contribution in [0.3, 0.4) is 0 Å². The van der Waals surface area contributed by atoms with Crippen LogP contribution in [0, 0.1) is 2.88 Å². The molecule has 3 aromatic rings. The molecule has 3 atom stereocenters. The van der Waals surface area contributed by atoms with Crippen LogP contribution < -0.4 is 16.8 Å². The SMILES string of the molecule is C.CC(C)(C)OC(=O)NCC1OCCc2sc(I)cc21.COC(=O)C(F)(F)S(=O)(=O)F.NCC1OCCc2sc(C(F)(F)F)cc21.NCC1OCCc2sccc21. The van der Waals surface area contributed by atoms with Crippen LogP contribution >= 0.6 is 56.6 Å². The predicted octanol–water partition coefficient (Wildman–Crippen LogP) is 7.84. The molecule has 0 radical (unpaired) electrons. The van der Waals surface area contributed by atoms with E-state index in [4.69, 9.17) is 30.4 Å². The van der Waals surface area contributed by atoms with E-state index in [1.54, 1.807) is 11.3 Å². The minimum absolute atomic E-state index is 0. The Morgan fingerprint density at radius 3 is 1.88 bits per heavy atom. The number of carbonyl (C=O) groups excluding carboxylic acids is 2. The van der Waals surface area contributed by atoms with E-state index in [2.05, 4.69) is 50.2 Å². The van der Waals surface area contributed by atoms with E-state index in [1.165, 1.54) is 23.8 Å². The van der Waals surface area contributed by atoms with Crippen molar-refractivity contribution < 1.29 is 67.5 Å². The van der Waals surface area contributed by atoms with Crippen molar-refractivity contribution in [3.63, 3.8) is 0 Å². The zero-order chi connectivity index (χ0) is 42.1. The summed E-state index contributed by atoms with van der Waals surface area (Å²) in [5.74, 6) is -2.44. The highest BCUT2D eigenvalue weighted by atomic mass is 127. The second kappa shape index (κ2) is 21.9. The molecule has 3 aliphatic heterocycles. The van der Waals surface area contributed by atoms with Gasteiger partial charge in [-0.3, -0.25) is 0 Å². The van der Waals surface area contributed by atoms with E-state index in [0.29, 0.717) is 45.4 Å². The lowest BCUT2D eigenvalue weighted by atomic mass is 10.1. The van der Waals surface area contributed by atoms with Crippen molar-refractivity contribution in [2.75, 3.05) is 46.6 Å². The van der Waals surface area contributed by atoms with E-state index in [1.807, 2.05) is 32.1 Å². The van der Waals surface area contributed by atoms with Gasteiger partial charge in [-0.15, -0.1) is 34.0 Å². The minimum atomic E-state index is -6.22. The summed E-state index contributed by atoms with van der Waals surface area (Å²) in [5, 5.41) is -0.221. The zero-order valence-electron chi connectivity index (χ0n) is 30.5. The molecule has 0 aromatic carbocycles. The first-order valence-corrected chi connectivity index (χ1v) is 21.7. The van der Waals surface area contributed by atoms with Crippen LogP contribution in [-0.4, -0.2) is 77.9 Å². The predicted molar refractivity (Wildman–Crippen MR) is 214 cm³/mol. The van der Waals surface area contributed by atoms with Crippen LogP contribution in [0.2, 0.25) is 0 Å². The number of methoxy groups -OCH3 is 1. The minimum Gasteiger partial charge on any atom is -0.464 e. The number of rotatable bonds is 6. The fraction of sp³-hybridized carbons (Fsp3) is 0.588. The number of nitrogens with one attached hydrogen (secondary N) is 1. The monoisotopic (exact) mass is 1010 g/mol. The number of halogens is 7. The lowest BCUT2D eigenvalue weighted by molar-refractivity contribution is -0.157. The van der Waals surface area contributed by atoms with Crippen molar-refractivity contribution in [2.24, 2.45) is 11.5 Å². The summed E-state index contributed by atoms with van der Waals surface area (Å²) < 4.78 is 118. The van der Waals surface area contributed by atoms with Gasteiger partial charge < -0.3 is 40.5 Å². The third kappa shape index (κ3) is 14.8. The molecule has 1 amide bonds. The molecule has 57 heavy (non-hydrogen) atoms. The van der Waals surface area contributed by atoms with Crippen molar-refractivity contribution in [2.45, 2.75) is 82.8 Å². The zero-order valence-corrected chi connectivity index (χ0v) is 35.9. The fourth-order valence-electron chi connectivity index (χ4n) is 5.19. The summed E-state index contributed by atoms with van der Waals surface area (Å²) in [4.78, 5) is 24.5. The smallest absolute Gasteiger partial charge is 0.464 e. The Morgan fingerprint density at radius 2 is 1.39 bits per heavy atom. The van der Waals surface area contributed by atoms with E-state index < -0.39 is 44.2 Å². The van der Waals surface area contributed by atoms with Crippen molar-refractivity contribution >= 4 is 78.9 Å². The standard InChI is InChI=1S/C13H18INO3S.C9H10F3NOS.C8H11NOS.C3H3F3O4S.CH4/c1-13(2,3)18-12(16)15-7-9-8-6-11(14)19-10(8)4-5-17-9;10-9(11,12)8-3-5-6(4-13)14-2-1-7(5)15-8;9-5-7-6-2-4-11-8(6)1-3-10-7;1-10-2(7)3(4,5)11(6,8)9;/h6,9H,4-5,7H2,1-3H3,(H,15,16);3,6H,1-2,4,13H2;2,4,7H,1,3,5,9H2;1H3;1H4. The highest BCUT2D eigenvalue weighted by Crippen LogP contribution is 2.41. The third-order valence-electron chi connectivity index (χ3n) is 7.69. The van der Waals surface area contributed by atoms with E-state index >= 15 is 0 Å². The average molecular weight is 1010 g/mol. The van der Waals surface area contributed by atoms with Gasteiger partial charge in [0.25, 0.3) is 0 Å². The summed E-state index contributed by atoms with van der Waals surface area (Å²) in [5.41, 5.74) is 13.6. The first-order chi connectivity index (χ1) is 26.0. The highest BCUT2D eigenvalue weighted by Gasteiger charge is 2.55. The normalized spacial score (nSPS) is 18.9. The molecule has 23 heteroatoms. The molecule has 6 heterocycles. The number of esters is 1. The van der Waals surface area contributed by atoms with Crippen LogP contribution in [0.15, 0.2) is 23.6 Å². The summed E-state index contributed by atoms with van der Waals surface area (Å²) in [6.45, 7) is 8.82. The van der Waals surface area contributed by atoms with Gasteiger partial charge in [0, 0.05) is 47.0 Å². The van der Waals surface area contributed by atoms with Gasteiger partial charge in [-0.1, -0.05) is 11.3 Å². The van der Waals surface area contributed by atoms with Gasteiger partial charge in [-0.2, -0.15) is 30.4 Å². The number of alkyl halides is 5. The average Bonchev–Trinajstić information content (AvgIpc) is 3.87. The number of alkyl carbamates (subject to hydrolysis) is 1. The van der Waals surface area contributed by atoms with Crippen LogP contribution in [0.5, 0.6) is 0 Å². The molecule has 6 rings (SSSR count). The first-order valence-electron chi connectivity index (χ1n) is 16.7. The number of carbonyl (C=O) groups is 2. The lowest BCUT2D eigenvalue weighted by Crippen LogP contribution is -2.36. The number of fused-ring (bicyclic) bond motifs is 3. The molecule has 0 saturated heterocycles. The topological polar surface area (TPSA) is 178 Å². The highest BCUT2D eigenvalue weighted by molar-refractivity contribution is 14.1. The molecule has 12 nitrogen and oxygen atoms in total. The molecule has 0 bridgehead atoms. The van der Waals surface area contributed by atoms with Crippen molar-refractivity contribution in [3.8, 4) is 0 Å². The van der Waals surface area contributed by atoms with E-state index in [0.717, 1.165) is 41.7 Å². The van der Waals surface area contributed by atoms with Crippen LogP contribution in [0.4, 0.5) is 30.6 Å². The van der Waals surface area contributed by atoms with Crippen molar-refractivity contribution in [1.82, 2.24) is 5.32 Å². The molecule has 3 aliphatic rings. The van der Waals surface area contributed by atoms with Crippen LogP contribution in [-0.2, 0) is 64.1 Å². The third-order valence-corrected chi connectivity index (χ3v) is 12.7. The number of hydrogen-bond acceptors (Lipinski definition) is 14. The number of hydrogen-bond donors (Lipinski definition) is 3. The van der Waals surface area contributed by atoms with Crippen molar-refractivity contribution in [3.05, 3.63) is 62.7 Å². The maximum absolute atomic E-state index is 12.4. The molecule has 0 aliphatic carbocycles. The lowest BCUT2D eigenvalue weighted by Gasteiger charge is -2.25. The van der Waals surface area contributed by atoms with Gasteiger partial charge >= 0.3 is 33.7 Å². The number of amides is 1. The molecule has 0 fully saturated rings.